The third kappa shape index (κ3) is 5.10. The lowest BCUT2D eigenvalue weighted by Gasteiger charge is -2.19. The van der Waals surface area contributed by atoms with Crippen molar-refractivity contribution in [3.8, 4) is 0 Å². The average molecular weight is 324 g/mol. The summed E-state index contributed by atoms with van der Waals surface area (Å²) in [6.45, 7) is 9.88. The fourth-order valence-electron chi connectivity index (χ4n) is 2.38. The molecule has 0 bridgehead atoms. The summed E-state index contributed by atoms with van der Waals surface area (Å²) < 4.78 is 5.39. The highest BCUT2D eigenvalue weighted by Crippen LogP contribution is 2.22. The molecule has 1 aliphatic rings. The fraction of sp³-hybridized carbons (Fsp3) is 0.625. The van der Waals surface area contributed by atoms with E-state index in [4.69, 9.17) is 4.74 Å². The van der Waals surface area contributed by atoms with Crippen LogP contribution in [0.4, 0.5) is 0 Å². The number of rotatable bonds is 4. The van der Waals surface area contributed by atoms with E-state index in [-0.39, 0.29) is 5.97 Å². The monoisotopic (exact) mass is 324 g/mol. The maximum absolute atomic E-state index is 12.0. The number of carbonyl (C=O) groups is 2. The van der Waals surface area contributed by atoms with E-state index in [0.717, 1.165) is 50.4 Å². The van der Waals surface area contributed by atoms with Gasteiger partial charge >= 0.3 is 5.97 Å². The zero-order chi connectivity index (χ0) is 16.2. The van der Waals surface area contributed by atoms with E-state index in [9.17, 15) is 9.59 Å². The molecule has 2 rings (SSSR count). The fourth-order valence-corrected chi connectivity index (χ4v) is 3.30. The van der Waals surface area contributed by atoms with E-state index in [1.54, 1.807) is 0 Å². The molecule has 22 heavy (non-hydrogen) atoms. The molecule has 0 N–H and O–H groups in total. The Hall–Kier alpha value is -1.40. The van der Waals surface area contributed by atoms with Crippen LogP contribution in [0.3, 0.4) is 0 Å². The third-order valence-corrected chi connectivity index (χ3v) is 4.46. The van der Waals surface area contributed by atoms with E-state index in [0.29, 0.717) is 4.88 Å². The average Bonchev–Trinajstić information content (AvgIpc) is 2.77. The van der Waals surface area contributed by atoms with Crippen LogP contribution in [0.1, 0.15) is 41.7 Å². The maximum Gasteiger partial charge on any atom is 0.348 e. The molecule has 0 aromatic carbocycles. The van der Waals surface area contributed by atoms with Gasteiger partial charge < -0.3 is 9.64 Å². The molecule has 1 aromatic rings. The van der Waals surface area contributed by atoms with Crippen LogP contribution in [0, 0.1) is 0 Å². The van der Waals surface area contributed by atoms with Crippen LogP contribution in [-0.4, -0.2) is 54.0 Å². The molecule has 0 spiro atoms. The van der Waals surface area contributed by atoms with Crippen LogP contribution in [0.25, 0.3) is 0 Å². The van der Waals surface area contributed by atoms with Crippen molar-refractivity contribution in [2.75, 3.05) is 26.2 Å². The molecule has 122 valence electrons. The number of hydrogen-bond acceptors (Lipinski definition) is 5. The van der Waals surface area contributed by atoms with Crippen molar-refractivity contribution in [3.63, 3.8) is 0 Å². The highest BCUT2D eigenvalue weighted by Gasteiger charge is 2.20. The highest BCUT2D eigenvalue weighted by molar-refractivity contribution is 7.13. The van der Waals surface area contributed by atoms with Gasteiger partial charge in [0.05, 0.1) is 0 Å². The number of amides is 1. The lowest BCUT2D eigenvalue weighted by Crippen LogP contribution is -2.29. The molecule has 0 atom stereocenters. The van der Waals surface area contributed by atoms with Gasteiger partial charge in [0.1, 0.15) is 10.5 Å². The maximum atomic E-state index is 12.0. The van der Waals surface area contributed by atoms with Gasteiger partial charge in [0.25, 0.3) is 0 Å². The molecule has 0 saturated carbocycles. The van der Waals surface area contributed by atoms with Crippen molar-refractivity contribution in [2.24, 2.45) is 0 Å². The summed E-state index contributed by atoms with van der Waals surface area (Å²) in [5.74, 6) is -0.258. The second kappa shape index (κ2) is 7.24. The first-order valence-corrected chi connectivity index (χ1v) is 8.43. The molecule has 6 heteroatoms. The lowest BCUT2D eigenvalue weighted by atomic mass is 10.2. The topological polar surface area (TPSA) is 49.9 Å². The molecule has 1 saturated heterocycles. The third-order valence-electron chi connectivity index (χ3n) is 3.41. The molecule has 5 nitrogen and oxygen atoms in total. The Bertz CT molecular complexity index is 522. The Morgan fingerprint density at radius 3 is 2.73 bits per heavy atom. The largest absolute Gasteiger partial charge is 0.456 e. The molecule has 1 aliphatic heterocycles. The Kier molecular flexibility index (Phi) is 5.58. The summed E-state index contributed by atoms with van der Waals surface area (Å²) in [5.41, 5.74) is -0.468. The van der Waals surface area contributed by atoms with Crippen LogP contribution in [0.15, 0.2) is 12.1 Å². The summed E-state index contributed by atoms with van der Waals surface area (Å²) in [7, 11) is 0. The van der Waals surface area contributed by atoms with Crippen molar-refractivity contribution in [3.05, 3.63) is 21.9 Å². The SMILES string of the molecule is CC(C)(C)OC(=O)c1ccc(CN2CCCN(C=O)CC2)s1. The van der Waals surface area contributed by atoms with Crippen molar-refractivity contribution in [1.29, 1.82) is 0 Å². The minimum atomic E-state index is -0.468. The first kappa shape index (κ1) is 17.0. The Morgan fingerprint density at radius 2 is 2.05 bits per heavy atom. The number of ether oxygens (including phenoxy) is 1. The van der Waals surface area contributed by atoms with E-state index in [1.807, 2.05) is 37.8 Å². The van der Waals surface area contributed by atoms with Crippen LogP contribution in [-0.2, 0) is 16.1 Å². The van der Waals surface area contributed by atoms with Gasteiger partial charge in [-0.05, 0) is 39.3 Å². The number of esters is 1. The molecule has 1 fully saturated rings. The number of carbonyl (C=O) groups excluding carboxylic acids is 2. The molecular formula is C16H24N2O3S. The smallest absolute Gasteiger partial charge is 0.348 e. The normalized spacial score (nSPS) is 17.1. The zero-order valence-electron chi connectivity index (χ0n) is 13.5. The van der Waals surface area contributed by atoms with Crippen LogP contribution < -0.4 is 0 Å². The van der Waals surface area contributed by atoms with Gasteiger partial charge in [-0.2, -0.15) is 0 Å². The molecule has 0 unspecified atom stereocenters. The summed E-state index contributed by atoms with van der Waals surface area (Å²) in [4.78, 5) is 28.8. The first-order chi connectivity index (χ1) is 10.4. The van der Waals surface area contributed by atoms with E-state index in [1.165, 1.54) is 11.3 Å². The number of thiophene rings is 1. The Morgan fingerprint density at radius 1 is 1.27 bits per heavy atom. The van der Waals surface area contributed by atoms with Gasteiger partial charge in [-0.3, -0.25) is 9.69 Å². The Balaban J connectivity index is 1.91. The minimum absolute atomic E-state index is 0.258. The lowest BCUT2D eigenvalue weighted by molar-refractivity contribution is -0.118. The first-order valence-electron chi connectivity index (χ1n) is 7.61. The molecule has 2 heterocycles. The standard InChI is InChI=1S/C16H24N2O3S/c1-16(2,3)21-15(20)14-6-5-13(22-14)11-17-7-4-8-18(12-19)10-9-17/h5-6,12H,4,7-11H2,1-3H3. The van der Waals surface area contributed by atoms with Crippen molar-refractivity contribution in [1.82, 2.24) is 9.80 Å². The van der Waals surface area contributed by atoms with Crippen LogP contribution in [0.2, 0.25) is 0 Å². The van der Waals surface area contributed by atoms with E-state index >= 15 is 0 Å². The zero-order valence-corrected chi connectivity index (χ0v) is 14.3. The Labute approximate surface area is 135 Å². The second-order valence-corrected chi connectivity index (χ2v) is 7.71. The molecular weight excluding hydrogens is 300 g/mol. The number of nitrogens with zero attached hydrogens (tertiary/aromatic N) is 2. The summed E-state index contributed by atoms with van der Waals surface area (Å²) >= 11 is 1.49. The highest BCUT2D eigenvalue weighted by atomic mass is 32.1. The van der Waals surface area contributed by atoms with Gasteiger partial charge in [0, 0.05) is 37.6 Å². The van der Waals surface area contributed by atoms with Gasteiger partial charge in [-0.25, -0.2) is 4.79 Å². The van der Waals surface area contributed by atoms with Crippen LogP contribution in [0.5, 0.6) is 0 Å². The van der Waals surface area contributed by atoms with Gasteiger partial charge in [-0.15, -0.1) is 11.3 Å². The summed E-state index contributed by atoms with van der Waals surface area (Å²) in [6.07, 6.45) is 1.91. The van der Waals surface area contributed by atoms with Crippen molar-refractivity contribution < 1.29 is 14.3 Å². The van der Waals surface area contributed by atoms with Gasteiger partial charge in [-0.1, -0.05) is 0 Å². The molecule has 0 aliphatic carbocycles. The van der Waals surface area contributed by atoms with E-state index in [2.05, 4.69) is 4.90 Å². The summed E-state index contributed by atoms with van der Waals surface area (Å²) in [6, 6.07) is 3.83. The number of hydrogen-bond donors (Lipinski definition) is 0. The predicted octanol–water partition coefficient (Wildman–Crippen LogP) is 2.37. The summed E-state index contributed by atoms with van der Waals surface area (Å²) in [5, 5.41) is 0. The molecule has 1 aromatic heterocycles. The molecule has 0 radical (unpaired) electrons. The van der Waals surface area contributed by atoms with Crippen molar-refractivity contribution in [2.45, 2.75) is 39.3 Å². The van der Waals surface area contributed by atoms with Crippen LogP contribution >= 0.6 is 11.3 Å². The molecule has 1 amide bonds. The van der Waals surface area contributed by atoms with Crippen molar-refractivity contribution >= 4 is 23.7 Å². The van der Waals surface area contributed by atoms with E-state index < -0.39 is 5.60 Å². The van der Waals surface area contributed by atoms with Gasteiger partial charge in [0.15, 0.2) is 0 Å². The second-order valence-electron chi connectivity index (χ2n) is 6.54. The van der Waals surface area contributed by atoms with Gasteiger partial charge in [0.2, 0.25) is 6.41 Å². The quantitative estimate of drug-likeness (QED) is 0.630. The predicted molar refractivity (Wildman–Crippen MR) is 87.0 cm³/mol. The minimum Gasteiger partial charge on any atom is -0.456 e.